The molecular formula is C48H53N13O6. The second-order valence-corrected chi connectivity index (χ2v) is 18.2. The molecule has 3 aromatic heterocycles. The van der Waals surface area contributed by atoms with Crippen LogP contribution in [0, 0.1) is 12.8 Å². The number of piperazine rings is 1. The number of nitrogens with zero attached hydrogens (tertiary/aromatic N) is 9. The van der Waals surface area contributed by atoms with E-state index in [-0.39, 0.29) is 54.4 Å². The fourth-order valence-corrected chi connectivity index (χ4v) is 9.91. The highest BCUT2D eigenvalue weighted by Gasteiger charge is 2.45. The summed E-state index contributed by atoms with van der Waals surface area (Å²) in [7, 11) is 0. The van der Waals surface area contributed by atoms with Gasteiger partial charge in [-0.15, -0.1) is 0 Å². The van der Waals surface area contributed by atoms with E-state index < -0.39 is 29.7 Å². The molecule has 6 amide bonds. The van der Waals surface area contributed by atoms with Crippen molar-refractivity contribution < 1.29 is 28.8 Å². The molecule has 3 saturated heterocycles. The smallest absolute Gasteiger partial charge is 0.270 e. The van der Waals surface area contributed by atoms with Crippen molar-refractivity contribution in [1.82, 2.24) is 49.8 Å². The maximum atomic E-state index is 13.2. The molecule has 4 N–H and O–H groups in total. The maximum Gasteiger partial charge on any atom is 0.270 e. The summed E-state index contributed by atoms with van der Waals surface area (Å²) < 4.78 is 2.08. The van der Waals surface area contributed by atoms with Crippen molar-refractivity contribution in [3.63, 3.8) is 0 Å². The molecule has 7 heterocycles. The third-order valence-electron chi connectivity index (χ3n) is 13.8. The van der Waals surface area contributed by atoms with Crippen molar-refractivity contribution in [2.45, 2.75) is 70.1 Å². The first-order valence-electron chi connectivity index (χ1n) is 23.1. The van der Waals surface area contributed by atoms with Gasteiger partial charge in [0, 0.05) is 87.9 Å². The van der Waals surface area contributed by atoms with Crippen LogP contribution in [0.2, 0.25) is 0 Å². The number of imide groups is 2. The van der Waals surface area contributed by atoms with Crippen molar-refractivity contribution in [2.75, 3.05) is 67.9 Å². The number of pyridine rings is 1. The van der Waals surface area contributed by atoms with Crippen LogP contribution in [0.5, 0.6) is 0 Å². The van der Waals surface area contributed by atoms with E-state index in [1.165, 1.54) is 11.8 Å². The average Bonchev–Trinajstić information content (AvgIpc) is 3.86. The first-order valence-corrected chi connectivity index (χ1v) is 23.1. The van der Waals surface area contributed by atoms with Crippen molar-refractivity contribution >= 4 is 63.8 Å². The number of likely N-dealkylation sites (tertiary alicyclic amines) is 1. The molecule has 2 aromatic carbocycles. The van der Waals surface area contributed by atoms with Crippen LogP contribution in [0.25, 0.3) is 11.2 Å². The second kappa shape index (κ2) is 18.5. The number of aryl methyl sites for hydroxylation is 1. The monoisotopic (exact) mass is 907 g/mol. The molecule has 1 aliphatic carbocycles. The van der Waals surface area contributed by atoms with E-state index in [0.717, 1.165) is 85.7 Å². The van der Waals surface area contributed by atoms with Crippen LogP contribution < -0.4 is 26.2 Å². The summed E-state index contributed by atoms with van der Waals surface area (Å²) in [6.07, 6.45) is 6.98. The van der Waals surface area contributed by atoms with Gasteiger partial charge in [-0.2, -0.15) is 0 Å². The zero-order valence-electron chi connectivity index (χ0n) is 37.3. The molecule has 19 heteroatoms. The van der Waals surface area contributed by atoms with Crippen LogP contribution >= 0.6 is 0 Å². The van der Waals surface area contributed by atoms with Crippen LogP contribution in [0.4, 0.5) is 17.2 Å². The Balaban J connectivity index is 0.634. The van der Waals surface area contributed by atoms with Gasteiger partial charge in [-0.05, 0) is 93.0 Å². The van der Waals surface area contributed by atoms with Crippen molar-refractivity contribution in [2.24, 2.45) is 5.92 Å². The van der Waals surface area contributed by atoms with Gasteiger partial charge in [0.2, 0.25) is 17.7 Å². The molecule has 4 fully saturated rings. The summed E-state index contributed by atoms with van der Waals surface area (Å²) in [4.78, 5) is 102. The molecule has 1 atom stereocenters. The second-order valence-electron chi connectivity index (χ2n) is 18.2. The van der Waals surface area contributed by atoms with Gasteiger partial charge in [0.1, 0.15) is 23.6 Å². The van der Waals surface area contributed by atoms with E-state index in [9.17, 15) is 28.8 Å². The number of hydrogen-bond donors (Lipinski definition) is 4. The normalized spacial score (nSPS) is 21.3. The highest BCUT2D eigenvalue weighted by atomic mass is 16.2. The van der Waals surface area contributed by atoms with Crippen LogP contribution in [0.1, 0.15) is 87.0 Å². The molecule has 5 aromatic rings. The molecular weight excluding hydrogens is 855 g/mol. The number of fused-ring (bicyclic) bond motifs is 2. The number of imidazole rings is 1. The number of rotatable bonds is 13. The van der Waals surface area contributed by atoms with Gasteiger partial charge in [0.15, 0.2) is 11.5 Å². The molecule has 10 rings (SSSR count). The quantitative estimate of drug-likeness (QED) is 0.125. The average molecular weight is 908 g/mol. The Morgan fingerprint density at radius 1 is 0.821 bits per heavy atom. The molecule has 19 nitrogen and oxygen atoms in total. The molecule has 67 heavy (non-hydrogen) atoms. The van der Waals surface area contributed by atoms with E-state index in [4.69, 9.17) is 0 Å². The molecule has 4 aliphatic heterocycles. The Morgan fingerprint density at radius 2 is 1.60 bits per heavy atom. The van der Waals surface area contributed by atoms with Gasteiger partial charge < -0.3 is 30.3 Å². The number of carbonyl (C=O) groups is 6. The lowest BCUT2D eigenvalue weighted by Gasteiger charge is -2.39. The molecule has 1 saturated carbocycles. The lowest BCUT2D eigenvalue weighted by molar-refractivity contribution is -0.136. The molecule has 346 valence electrons. The number of aromatic nitrogens is 5. The van der Waals surface area contributed by atoms with Crippen LogP contribution in [0.15, 0.2) is 73.3 Å². The van der Waals surface area contributed by atoms with Crippen LogP contribution in [-0.4, -0.2) is 139 Å². The standard InChI is InChI=1S/C48H53N13O6/c1-29-3-2-4-38(54-29)45(64)55-33-21-35(22-33)60-28-53-42-43(51-27-52-44(42)60)50-24-30-5-8-34(9-6-30)58-19-17-57(18-20-58)26-31-13-15-59(16-14-31)41(63)25-49-32-7-10-36-37(23-32)48(67)61(47(36)66)39-11-12-40(62)56-46(39)65/h2-10,23,27-28,31,33,35,39,49H,11-22,24-26H2,1H3,(H,55,64)(H,50,51,52)(H,56,62,65)/t33?,35?,39-/m0/s1. The zero-order valence-corrected chi connectivity index (χ0v) is 37.3. The topological polar surface area (TPSA) is 220 Å². The zero-order chi connectivity index (χ0) is 46.2. The van der Waals surface area contributed by atoms with Crippen LogP contribution in [-0.2, 0) is 20.9 Å². The predicted molar refractivity (Wildman–Crippen MR) is 247 cm³/mol. The largest absolute Gasteiger partial charge is 0.376 e. The minimum Gasteiger partial charge on any atom is -0.376 e. The van der Waals surface area contributed by atoms with E-state index in [1.807, 2.05) is 30.3 Å². The highest BCUT2D eigenvalue weighted by molar-refractivity contribution is 6.23. The highest BCUT2D eigenvalue weighted by Crippen LogP contribution is 2.35. The SMILES string of the molecule is Cc1cccc(C(=O)NC2CC(n3cnc4c(NCc5ccc(N6CCN(CC7CCN(C(=O)CNc8ccc9c(c8)C(=O)N([C@H]8CCC(=O)NC8=O)C9=O)CC7)CC6)cc5)ncnc43)C2)n1. The summed E-state index contributed by atoms with van der Waals surface area (Å²) in [5, 5.41) is 11.9. The van der Waals surface area contributed by atoms with Gasteiger partial charge in [-0.25, -0.2) is 19.9 Å². The van der Waals surface area contributed by atoms with Crippen molar-refractivity contribution in [3.05, 3.63) is 101 Å². The summed E-state index contributed by atoms with van der Waals surface area (Å²) >= 11 is 0. The van der Waals surface area contributed by atoms with Crippen molar-refractivity contribution in [3.8, 4) is 0 Å². The first-order chi connectivity index (χ1) is 32.5. The van der Waals surface area contributed by atoms with E-state index in [2.05, 4.69) is 79.8 Å². The summed E-state index contributed by atoms with van der Waals surface area (Å²) in [5.74, 6) is -1.20. The molecule has 0 unspecified atom stereocenters. The molecule has 0 bridgehead atoms. The number of benzene rings is 2. The Labute approximate surface area is 386 Å². The summed E-state index contributed by atoms with van der Waals surface area (Å²) in [5.41, 5.74) is 5.97. The Bertz CT molecular complexity index is 2740. The number of anilines is 3. The minimum absolute atomic E-state index is 0.0272. The number of hydrogen-bond acceptors (Lipinski definition) is 14. The van der Waals surface area contributed by atoms with Crippen LogP contribution in [0.3, 0.4) is 0 Å². The first kappa shape index (κ1) is 43.6. The Hall–Kier alpha value is -7.28. The Kier molecular flexibility index (Phi) is 12.1. The summed E-state index contributed by atoms with van der Waals surface area (Å²) in [6.45, 7) is 8.74. The third kappa shape index (κ3) is 9.15. The van der Waals surface area contributed by atoms with Gasteiger partial charge in [0.05, 0.1) is 24.0 Å². The minimum atomic E-state index is -1.03. The van der Waals surface area contributed by atoms with E-state index in [0.29, 0.717) is 42.8 Å². The number of piperidine rings is 2. The number of amides is 6. The van der Waals surface area contributed by atoms with E-state index in [1.54, 1.807) is 24.5 Å². The Morgan fingerprint density at radius 3 is 2.36 bits per heavy atom. The molecule has 5 aliphatic rings. The number of carbonyl (C=O) groups excluding carboxylic acids is 6. The fourth-order valence-electron chi connectivity index (χ4n) is 9.91. The third-order valence-corrected chi connectivity index (χ3v) is 13.8. The van der Waals surface area contributed by atoms with Crippen molar-refractivity contribution in [1.29, 1.82) is 0 Å². The molecule has 0 radical (unpaired) electrons. The van der Waals surface area contributed by atoms with E-state index >= 15 is 0 Å². The van der Waals surface area contributed by atoms with Gasteiger partial charge >= 0.3 is 0 Å². The summed E-state index contributed by atoms with van der Waals surface area (Å²) in [6, 6.07) is 18.1. The fraction of sp³-hybridized carbons (Fsp3) is 0.417. The molecule has 0 spiro atoms. The predicted octanol–water partition coefficient (Wildman–Crippen LogP) is 3.15. The van der Waals surface area contributed by atoms with Gasteiger partial charge in [-0.3, -0.25) is 43.9 Å². The van der Waals surface area contributed by atoms with Gasteiger partial charge in [0.25, 0.3) is 17.7 Å². The lowest BCUT2D eigenvalue weighted by Crippen LogP contribution is -2.54. The lowest BCUT2D eigenvalue weighted by atomic mass is 9.86. The number of nitrogens with one attached hydrogen (secondary N) is 4. The van der Waals surface area contributed by atoms with Gasteiger partial charge in [-0.1, -0.05) is 18.2 Å². The maximum absolute atomic E-state index is 13.2.